The molecule has 2 aromatic carbocycles. The second kappa shape index (κ2) is 6.33. The highest BCUT2D eigenvalue weighted by molar-refractivity contribution is 6.02. The topological polar surface area (TPSA) is 139 Å². The predicted octanol–water partition coefficient (Wildman–Crippen LogP) is 1.37. The van der Waals surface area contributed by atoms with Gasteiger partial charge in [0.05, 0.1) is 13.0 Å². The molecule has 1 aliphatic rings. The fourth-order valence-electron chi connectivity index (χ4n) is 2.57. The lowest BCUT2D eigenvalue weighted by molar-refractivity contribution is -0.132. The third kappa shape index (κ3) is 3.20. The van der Waals surface area contributed by atoms with Crippen molar-refractivity contribution in [3.05, 3.63) is 41.5 Å². The minimum Gasteiger partial charge on any atom is -0.507 e. The van der Waals surface area contributed by atoms with Gasteiger partial charge in [-0.1, -0.05) is 6.07 Å². The highest BCUT2D eigenvalue weighted by Crippen LogP contribution is 2.42. The number of rotatable bonds is 3. The van der Waals surface area contributed by atoms with Crippen LogP contribution in [0.3, 0.4) is 0 Å². The molecule has 1 atom stereocenters. The molecule has 0 fully saturated rings. The number of hydrogen-bond acceptors (Lipinski definition) is 8. The minimum atomic E-state index is -0.730. The average molecular weight is 345 g/mol. The van der Waals surface area contributed by atoms with Crippen LogP contribution in [-0.2, 0) is 4.79 Å². The number of aromatic hydroxyl groups is 3. The van der Waals surface area contributed by atoms with Crippen molar-refractivity contribution >= 4 is 11.8 Å². The lowest BCUT2D eigenvalue weighted by Gasteiger charge is -2.26. The van der Waals surface area contributed by atoms with E-state index in [-0.39, 0.29) is 53.1 Å². The van der Waals surface area contributed by atoms with E-state index in [0.29, 0.717) is 5.56 Å². The van der Waals surface area contributed by atoms with Crippen molar-refractivity contribution in [3.63, 3.8) is 0 Å². The lowest BCUT2D eigenvalue weighted by atomic mass is 9.95. The molecule has 25 heavy (non-hydrogen) atoms. The number of carbonyl (C=O) groups is 2. The lowest BCUT2D eigenvalue weighted by Crippen LogP contribution is -2.22. The Morgan fingerprint density at radius 1 is 1.16 bits per heavy atom. The van der Waals surface area contributed by atoms with E-state index in [2.05, 4.69) is 0 Å². The Balaban J connectivity index is 1.96. The summed E-state index contributed by atoms with van der Waals surface area (Å²) < 4.78 is 10.7. The molecule has 5 N–H and O–H groups in total. The van der Waals surface area contributed by atoms with Crippen molar-refractivity contribution in [2.75, 3.05) is 6.54 Å². The molecule has 0 aromatic heterocycles. The number of esters is 1. The Bertz CT molecular complexity index is 862. The molecule has 0 saturated carbocycles. The van der Waals surface area contributed by atoms with E-state index in [0.717, 1.165) is 6.07 Å². The van der Waals surface area contributed by atoms with Crippen LogP contribution in [0.25, 0.3) is 0 Å². The molecule has 1 unspecified atom stereocenters. The Morgan fingerprint density at radius 2 is 1.92 bits per heavy atom. The summed E-state index contributed by atoms with van der Waals surface area (Å²) in [6.07, 6.45) is -0.793. The van der Waals surface area contributed by atoms with E-state index in [1.54, 1.807) is 0 Å². The van der Waals surface area contributed by atoms with Crippen LogP contribution in [-0.4, -0.2) is 33.6 Å². The standard InChI is InChI=1S/C17H15NO7/c18-7-16(23)24-9-4-12(21)17-13(22)6-14(25-15(17)5-9)8-1-2-10(19)11(20)3-8/h1-5,14,19-21H,6-7,18H2. The molecule has 2 aromatic rings. The van der Waals surface area contributed by atoms with Crippen LogP contribution in [0.1, 0.15) is 28.4 Å². The molecule has 0 saturated heterocycles. The van der Waals surface area contributed by atoms with Crippen molar-refractivity contribution in [2.24, 2.45) is 5.73 Å². The first-order valence-electron chi connectivity index (χ1n) is 7.38. The molecule has 0 spiro atoms. The van der Waals surface area contributed by atoms with Crippen LogP contribution in [0.4, 0.5) is 0 Å². The van der Waals surface area contributed by atoms with Gasteiger partial charge in [0.1, 0.15) is 28.9 Å². The van der Waals surface area contributed by atoms with Gasteiger partial charge in [-0.25, -0.2) is 0 Å². The molecule has 1 heterocycles. The van der Waals surface area contributed by atoms with E-state index < -0.39 is 12.1 Å². The molecule has 3 rings (SSSR count). The maximum absolute atomic E-state index is 12.4. The first-order valence-corrected chi connectivity index (χ1v) is 7.38. The Kier molecular flexibility index (Phi) is 4.20. The van der Waals surface area contributed by atoms with E-state index in [1.807, 2.05) is 0 Å². The average Bonchev–Trinajstić information content (AvgIpc) is 2.56. The highest BCUT2D eigenvalue weighted by Gasteiger charge is 2.31. The van der Waals surface area contributed by atoms with Crippen molar-refractivity contribution in [3.8, 4) is 28.7 Å². The highest BCUT2D eigenvalue weighted by atomic mass is 16.5. The van der Waals surface area contributed by atoms with Crippen molar-refractivity contribution in [1.29, 1.82) is 0 Å². The van der Waals surface area contributed by atoms with Gasteiger partial charge >= 0.3 is 5.97 Å². The maximum Gasteiger partial charge on any atom is 0.325 e. The summed E-state index contributed by atoms with van der Waals surface area (Å²) in [4.78, 5) is 23.6. The molecule has 1 aliphatic heterocycles. The number of ketones is 1. The second-order valence-electron chi connectivity index (χ2n) is 5.48. The third-order valence-electron chi connectivity index (χ3n) is 3.74. The van der Waals surface area contributed by atoms with Crippen LogP contribution >= 0.6 is 0 Å². The molecule has 0 aliphatic carbocycles. The molecule has 0 bridgehead atoms. The number of fused-ring (bicyclic) bond motifs is 1. The largest absolute Gasteiger partial charge is 0.507 e. The SMILES string of the molecule is NCC(=O)Oc1cc(O)c2c(c1)OC(c1ccc(O)c(O)c1)CC2=O. The number of Topliss-reactive ketones (excluding diaryl/α,β-unsaturated/α-hetero) is 1. The van der Waals surface area contributed by atoms with Gasteiger partial charge in [0, 0.05) is 12.1 Å². The Morgan fingerprint density at radius 3 is 2.60 bits per heavy atom. The van der Waals surface area contributed by atoms with Crippen LogP contribution in [0.2, 0.25) is 0 Å². The smallest absolute Gasteiger partial charge is 0.325 e. The predicted molar refractivity (Wildman–Crippen MR) is 84.9 cm³/mol. The molecule has 0 radical (unpaired) electrons. The number of hydrogen-bond donors (Lipinski definition) is 4. The normalized spacial score (nSPS) is 16.0. The van der Waals surface area contributed by atoms with Gasteiger partial charge in [-0.2, -0.15) is 0 Å². The summed E-state index contributed by atoms with van der Waals surface area (Å²) in [5.41, 5.74) is 5.64. The first kappa shape index (κ1) is 16.6. The van der Waals surface area contributed by atoms with Gasteiger partial charge in [0.25, 0.3) is 0 Å². The fraction of sp³-hybridized carbons (Fsp3) is 0.176. The Hall–Kier alpha value is -3.26. The summed E-state index contributed by atoms with van der Waals surface area (Å²) in [7, 11) is 0. The van der Waals surface area contributed by atoms with Gasteiger partial charge in [-0.15, -0.1) is 0 Å². The van der Waals surface area contributed by atoms with Crippen LogP contribution in [0, 0.1) is 0 Å². The zero-order valence-corrected chi connectivity index (χ0v) is 12.9. The number of carbonyl (C=O) groups excluding carboxylic acids is 2. The van der Waals surface area contributed by atoms with Gasteiger partial charge in [-0.3, -0.25) is 9.59 Å². The van der Waals surface area contributed by atoms with Crippen molar-refractivity contribution < 1.29 is 34.4 Å². The van der Waals surface area contributed by atoms with Crippen molar-refractivity contribution in [1.82, 2.24) is 0 Å². The molecular weight excluding hydrogens is 330 g/mol. The summed E-state index contributed by atoms with van der Waals surface area (Å²) in [5, 5.41) is 29.0. The summed E-state index contributed by atoms with van der Waals surface area (Å²) in [6, 6.07) is 6.53. The molecule has 8 heteroatoms. The monoisotopic (exact) mass is 345 g/mol. The molecule has 8 nitrogen and oxygen atoms in total. The van der Waals surface area contributed by atoms with Crippen LogP contribution in [0.15, 0.2) is 30.3 Å². The van der Waals surface area contributed by atoms with Gasteiger partial charge in [0.15, 0.2) is 17.3 Å². The van der Waals surface area contributed by atoms with Crippen LogP contribution < -0.4 is 15.2 Å². The number of nitrogens with two attached hydrogens (primary N) is 1. The second-order valence-corrected chi connectivity index (χ2v) is 5.48. The van der Waals surface area contributed by atoms with E-state index in [1.165, 1.54) is 24.3 Å². The van der Waals surface area contributed by atoms with Gasteiger partial charge in [0.2, 0.25) is 0 Å². The minimum absolute atomic E-state index is 0.00583. The van der Waals surface area contributed by atoms with Gasteiger partial charge < -0.3 is 30.5 Å². The maximum atomic E-state index is 12.4. The van der Waals surface area contributed by atoms with E-state index in [9.17, 15) is 24.9 Å². The van der Waals surface area contributed by atoms with E-state index in [4.69, 9.17) is 15.2 Å². The Labute approximate surface area is 142 Å². The number of benzene rings is 2. The van der Waals surface area contributed by atoms with Crippen molar-refractivity contribution in [2.45, 2.75) is 12.5 Å². The zero-order chi connectivity index (χ0) is 18.1. The first-order chi connectivity index (χ1) is 11.9. The van der Waals surface area contributed by atoms with E-state index >= 15 is 0 Å². The molecule has 130 valence electrons. The summed E-state index contributed by atoms with van der Waals surface area (Å²) in [6.45, 7) is -0.340. The number of phenols is 3. The third-order valence-corrected chi connectivity index (χ3v) is 3.74. The molecule has 0 amide bonds. The zero-order valence-electron chi connectivity index (χ0n) is 12.9. The fourth-order valence-corrected chi connectivity index (χ4v) is 2.57. The number of ether oxygens (including phenoxy) is 2. The van der Waals surface area contributed by atoms with Gasteiger partial charge in [-0.05, 0) is 17.7 Å². The molecular formula is C17H15NO7. The van der Waals surface area contributed by atoms with Crippen LogP contribution in [0.5, 0.6) is 28.7 Å². The quantitative estimate of drug-likeness (QED) is 0.371. The summed E-state index contributed by atoms with van der Waals surface area (Å²) in [5.74, 6) is -2.03. The summed E-state index contributed by atoms with van der Waals surface area (Å²) >= 11 is 0. The number of phenolic OH excluding ortho intramolecular Hbond substituents is 3.